The number of urea groups is 1. The Morgan fingerprint density at radius 3 is 2.66 bits per heavy atom. The normalized spacial score (nSPS) is 10.7. The lowest BCUT2D eigenvalue weighted by Crippen LogP contribution is -2.36. The fourth-order valence-electron chi connectivity index (χ4n) is 3.12. The molecule has 0 fully saturated rings. The second-order valence-electron chi connectivity index (χ2n) is 6.93. The lowest BCUT2D eigenvalue weighted by Gasteiger charge is -2.24. The second kappa shape index (κ2) is 10.4. The quantitative estimate of drug-likeness (QED) is 0.425. The molecule has 0 spiro atoms. The van der Waals surface area contributed by atoms with Crippen LogP contribution >= 0.6 is 23.2 Å². The molecule has 0 unspecified atom stereocenters. The van der Waals surface area contributed by atoms with Gasteiger partial charge >= 0.3 is 6.03 Å². The van der Waals surface area contributed by atoms with Crippen LogP contribution in [0, 0.1) is 0 Å². The average molecular weight is 430 g/mol. The third-order valence-corrected chi connectivity index (χ3v) is 5.32. The molecule has 0 saturated carbocycles. The van der Waals surface area contributed by atoms with E-state index < -0.39 is 0 Å². The summed E-state index contributed by atoms with van der Waals surface area (Å²) in [7, 11) is 0. The highest BCUT2D eigenvalue weighted by atomic mass is 35.5. The lowest BCUT2D eigenvalue weighted by atomic mass is 10.2. The van der Waals surface area contributed by atoms with Gasteiger partial charge in [-0.1, -0.05) is 60.8 Å². The van der Waals surface area contributed by atoms with Crippen LogP contribution in [-0.2, 0) is 13.1 Å². The molecular formula is C23H25Cl2N3O. The third-order valence-electron chi connectivity index (χ3n) is 4.72. The molecule has 0 saturated heterocycles. The molecule has 3 aromatic rings. The van der Waals surface area contributed by atoms with E-state index in [4.69, 9.17) is 23.2 Å². The summed E-state index contributed by atoms with van der Waals surface area (Å²) in [6.45, 7) is 3.98. The topological polar surface area (TPSA) is 37.3 Å². The first-order chi connectivity index (χ1) is 14.1. The first-order valence-electron chi connectivity index (χ1n) is 9.75. The average Bonchev–Trinajstić information content (AvgIpc) is 3.13. The highest BCUT2D eigenvalue weighted by Crippen LogP contribution is 2.19. The van der Waals surface area contributed by atoms with Crippen LogP contribution in [0.15, 0.2) is 66.9 Å². The van der Waals surface area contributed by atoms with Crippen LogP contribution in [-0.4, -0.2) is 22.0 Å². The van der Waals surface area contributed by atoms with Crippen molar-refractivity contribution in [1.82, 2.24) is 9.47 Å². The zero-order valence-corrected chi connectivity index (χ0v) is 18.0. The molecule has 1 heterocycles. The monoisotopic (exact) mass is 429 g/mol. The molecule has 0 radical (unpaired) electrons. The maximum Gasteiger partial charge on any atom is 0.322 e. The second-order valence-corrected chi connectivity index (χ2v) is 7.78. The molecule has 0 atom stereocenters. The molecule has 152 valence electrons. The van der Waals surface area contributed by atoms with Gasteiger partial charge in [-0.3, -0.25) is 0 Å². The van der Waals surface area contributed by atoms with Crippen LogP contribution in [0.1, 0.15) is 31.0 Å². The van der Waals surface area contributed by atoms with Gasteiger partial charge in [0.2, 0.25) is 0 Å². The summed E-state index contributed by atoms with van der Waals surface area (Å²) in [5.41, 5.74) is 2.80. The van der Waals surface area contributed by atoms with Crippen molar-refractivity contribution in [2.45, 2.75) is 32.9 Å². The maximum atomic E-state index is 12.9. The third kappa shape index (κ3) is 6.02. The number of carbonyl (C=O) groups is 1. The van der Waals surface area contributed by atoms with Crippen LogP contribution in [0.3, 0.4) is 0 Å². The summed E-state index contributed by atoms with van der Waals surface area (Å²) < 4.78 is 2.13. The number of anilines is 1. The number of aromatic nitrogens is 1. The summed E-state index contributed by atoms with van der Waals surface area (Å²) in [4.78, 5) is 14.8. The van der Waals surface area contributed by atoms with Crippen LogP contribution < -0.4 is 5.32 Å². The Morgan fingerprint density at radius 1 is 1.07 bits per heavy atom. The van der Waals surface area contributed by atoms with Gasteiger partial charge in [0.25, 0.3) is 0 Å². The number of unbranched alkanes of at least 4 members (excludes halogenated alkanes) is 1. The lowest BCUT2D eigenvalue weighted by molar-refractivity contribution is 0.207. The van der Waals surface area contributed by atoms with Gasteiger partial charge in [0.05, 0.1) is 6.54 Å². The van der Waals surface area contributed by atoms with E-state index in [-0.39, 0.29) is 6.03 Å². The minimum atomic E-state index is -0.133. The van der Waals surface area contributed by atoms with E-state index in [1.165, 1.54) is 0 Å². The summed E-state index contributed by atoms with van der Waals surface area (Å²) in [6.07, 6.45) is 3.97. The van der Waals surface area contributed by atoms with Crippen molar-refractivity contribution in [2.75, 3.05) is 11.9 Å². The van der Waals surface area contributed by atoms with Crippen molar-refractivity contribution in [1.29, 1.82) is 0 Å². The van der Waals surface area contributed by atoms with Crippen LogP contribution in [0.4, 0.5) is 10.5 Å². The predicted molar refractivity (Wildman–Crippen MR) is 121 cm³/mol. The molecule has 6 heteroatoms. The standard InChI is InChI=1S/C23H25Cl2N3O/c1-2-3-13-28(23(29)26-20-10-6-9-19(24)15-20)17-21-11-7-14-27(21)16-18-8-4-5-12-22(18)25/h4-12,14-15H,2-3,13,16-17H2,1H3,(H,26,29). The van der Waals surface area contributed by atoms with E-state index in [2.05, 4.69) is 16.8 Å². The molecule has 29 heavy (non-hydrogen) atoms. The summed E-state index contributed by atoms with van der Waals surface area (Å²) in [5.74, 6) is 0. The Balaban J connectivity index is 1.74. The van der Waals surface area contributed by atoms with Crippen molar-refractivity contribution >= 4 is 34.9 Å². The number of hydrogen-bond acceptors (Lipinski definition) is 1. The Labute approximate surface area is 182 Å². The number of nitrogens with one attached hydrogen (secondary N) is 1. The fraction of sp³-hybridized carbons (Fsp3) is 0.261. The first kappa shape index (κ1) is 21.3. The fourth-order valence-corrected chi connectivity index (χ4v) is 3.51. The van der Waals surface area contributed by atoms with Crippen LogP contribution in [0.2, 0.25) is 10.0 Å². The van der Waals surface area contributed by atoms with Gasteiger partial charge in [-0.25, -0.2) is 4.79 Å². The van der Waals surface area contributed by atoms with Crippen molar-refractivity contribution in [2.24, 2.45) is 0 Å². The highest BCUT2D eigenvalue weighted by molar-refractivity contribution is 6.31. The minimum absolute atomic E-state index is 0.133. The number of hydrogen-bond donors (Lipinski definition) is 1. The molecule has 0 aliphatic heterocycles. The molecule has 1 N–H and O–H groups in total. The molecule has 0 bridgehead atoms. The molecule has 1 aromatic heterocycles. The van der Waals surface area contributed by atoms with Gasteiger partial charge in [0, 0.05) is 40.7 Å². The van der Waals surface area contributed by atoms with Crippen LogP contribution in [0.5, 0.6) is 0 Å². The smallest absolute Gasteiger partial charge is 0.322 e. The van der Waals surface area contributed by atoms with E-state index in [1.807, 2.05) is 59.6 Å². The van der Waals surface area contributed by atoms with E-state index in [0.29, 0.717) is 30.3 Å². The zero-order valence-electron chi connectivity index (χ0n) is 16.4. The molecule has 4 nitrogen and oxygen atoms in total. The van der Waals surface area contributed by atoms with E-state index >= 15 is 0 Å². The summed E-state index contributed by atoms with van der Waals surface area (Å²) in [6, 6.07) is 18.9. The molecule has 2 aromatic carbocycles. The van der Waals surface area contributed by atoms with Gasteiger partial charge in [-0.2, -0.15) is 0 Å². The number of halogens is 2. The summed E-state index contributed by atoms with van der Waals surface area (Å²) >= 11 is 12.4. The number of nitrogens with zero attached hydrogens (tertiary/aromatic N) is 2. The number of amides is 2. The molecule has 0 aliphatic rings. The van der Waals surface area contributed by atoms with Gasteiger partial charge in [-0.05, 0) is 48.4 Å². The summed E-state index contributed by atoms with van der Waals surface area (Å²) in [5, 5.41) is 4.29. The van der Waals surface area contributed by atoms with Crippen molar-refractivity contribution in [3.05, 3.63) is 88.2 Å². The SMILES string of the molecule is CCCCN(Cc1cccn1Cc1ccccc1Cl)C(=O)Nc1cccc(Cl)c1. The minimum Gasteiger partial charge on any atom is -0.345 e. The number of rotatable bonds is 8. The first-order valence-corrected chi connectivity index (χ1v) is 10.5. The maximum absolute atomic E-state index is 12.9. The molecule has 0 aliphatic carbocycles. The molecule has 2 amide bonds. The van der Waals surface area contributed by atoms with Gasteiger partial charge in [-0.15, -0.1) is 0 Å². The number of benzene rings is 2. The van der Waals surface area contributed by atoms with E-state index in [9.17, 15) is 4.79 Å². The molecule has 3 rings (SSSR count). The predicted octanol–water partition coefficient (Wildman–Crippen LogP) is 6.68. The highest BCUT2D eigenvalue weighted by Gasteiger charge is 2.16. The van der Waals surface area contributed by atoms with Crippen molar-refractivity contribution < 1.29 is 4.79 Å². The van der Waals surface area contributed by atoms with Crippen LogP contribution in [0.25, 0.3) is 0 Å². The van der Waals surface area contributed by atoms with E-state index in [1.54, 1.807) is 12.1 Å². The number of carbonyl (C=O) groups excluding carboxylic acids is 1. The van der Waals surface area contributed by atoms with Gasteiger partial charge in [0.1, 0.15) is 0 Å². The Bertz CT molecular complexity index is 955. The van der Waals surface area contributed by atoms with E-state index in [0.717, 1.165) is 29.1 Å². The Kier molecular flexibility index (Phi) is 7.62. The van der Waals surface area contributed by atoms with Crippen molar-refractivity contribution in [3.8, 4) is 0 Å². The van der Waals surface area contributed by atoms with Gasteiger partial charge < -0.3 is 14.8 Å². The van der Waals surface area contributed by atoms with Gasteiger partial charge in [0.15, 0.2) is 0 Å². The van der Waals surface area contributed by atoms with Crippen molar-refractivity contribution in [3.63, 3.8) is 0 Å². The Morgan fingerprint density at radius 2 is 1.90 bits per heavy atom. The largest absolute Gasteiger partial charge is 0.345 e. The zero-order chi connectivity index (χ0) is 20.6. The Hall–Kier alpha value is -2.43. The molecular weight excluding hydrogens is 405 g/mol.